The molecule has 0 aliphatic rings. The molecule has 0 aromatic heterocycles. The molecule has 2 atom stereocenters. The van der Waals surface area contributed by atoms with Crippen LogP contribution in [0.4, 0.5) is 0 Å². The summed E-state index contributed by atoms with van der Waals surface area (Å²) in [6, 6.07) is 0. The second-order valence-electron chi connectivity index (χ2n) is 3.46. The molecule has 0 saturated carbocycles. The van der Waals surface area contributed by atoms with E-state index in [4.69, 9.17) is 5.11 Å². The molecule has 0 saturated heterocycles. The van der Waals surface area contributed by atoms with Gasteiger partial charge in [0.2, 0.25) is 0 Å². The third kappa shape index (κ3) is 1.96. The summed E-state index contributed by atoms with van der Waals surface area (Å²) in [6.07, 6.45) is 0. The molecule has 2 heteroatoms. The number of aliphatic hydroxyl groups excluding tert-OH is 1. The quantitative estimate of drug-likeness (QED) is 0.624. The molecule has 0 unspecified atom stereocenters. The summed E-state index contributed by atoms with van der Waals surface area (Å²) in [5.74, 6) is 0.141. The van der Waals surface area contributed by atoms with E-state index in [1.165, 1.54) is 0 Å². The van der Waals surface area contributed by atoms with Crippen LogP contribution < -0.4 is 0 Å². The average molecular weight is 146 g/mol. The molecule has 0 heterocycles. The van der Waals surface area contributed by atoms with Gasteiger partial charge in [-0.3, -0.25) is 0 Å². The van der Waals surface area contributed by atoms with Crippen molar-refractivity contribution in [3.05, 3.63) is 0 Å². The number of aliphatic hydroxyl groups is 2. The zero-order valence-corrected chi connectivity index (χ0v) is 7.26. The fraction of sp³-hybridized carbons (Fsp3) is 1.00. The highest BCUT2D eigenvalue weighted by atomic mass is 16.3. The van der Waals surface area contributed by atoms with Crippen LogP contribution in [0.5, 0.6) is 0 Å². The predicted molar refractivity (Wildman–Crippen MR) is 41.7 cm³/mol. The Morgan fingerprint density at radius 3 is 1.80 bits per heavy atom. The molecule has 10 heavy (non-hydrogen) atoms. The van der Waals surface area contributed by atoms with E-state index in [-0.39, 0.29) is 18.4 Å². The van der Waals surface area contributed by atoms with Gasteiger partial charge in [-0.1, -0.05) is 20.8 Å². The topological polar surface area (TPSA) is 40.5 Å². The van der Waals surface area contributed by atoms with E-state index in [0.29, 0.717) is 0 Å². The standard InChI is InChI=1S/C8H18O2/c1-6(2)8(4,10)7(3)5-9/h6-7,9-10H,5H2,1-4H3/t7-,8+/m1/s1. The maximum Gasteiger partial charge on any atom is 0.0689 e. The van der Waals surface area contributed by atoms with Gasteiger partial charge in [-0.2, -0.15) is 0 Å². The molecule has 2 nitrogen and oxygen atoms in total. The molecule has 0 spiro atoms. The molecule has 0 fully saturated rings. The molecule has 0 amide bonds. The summed E-state index contributed by atoms with van der Waals surface area (Å²) >= 11 is 0. The van der Waals surface area contributed by atoms with Gasteiger partial charge in [0.25, 0.3) is 0 Å². The van der Waals surface area contributed by atoms with Crippen LogP contribution in [0.15, 0.2) is 0 Å². The Bertz CT molecular complexity index is 97.4. The zero-order valence-electron chi connectivity index (χ0n) is 7.26. The lowest BCUT2D eigenvalue weighted by Gasteiger charge is -2.32. The van der Waals surface area contributed by atoms with E-state index in [2.05, 4.69) is 0 Å². The molecule has 0 radical (unpaired) electrons. The first kappa shape index (κ1) is 9.92. The zero-order chi connectivity index (χ0) is 8.36. The summed E-state index contributed by atoms with van der Waals surface area (Å²) < 4.78 is 0. The smallest absolute Gasteiger partial charge is 0.0689 e. The van der Waals surface area contributed by atoms with Crippen molar-refractivity contribution in [2.24, 2.45) is 11.8 Å². The Labute approximate surface area is 62.9 Å². The molecule has 2 N–H and O–H groups in total. The van der Waals surface area contributed by atoms with Crippen LogP contribution in [-0.2, 0) is 0 Å². The number of hydrogen-bond donors (Lipinski definition) is 2. The van der Waals surface area contributed by atoms with Crippen LogP contribution in [0.25, 0.3) is 0 Å². The second-order valence-corrected chi connectivity index (χ2v) is 3.46. The summed E-state index contributed by atoms with van der Waals surface area (Å²) in [5.41, 5.74) is -0.741. The van der Waals surface area contributed by atoms with Crippen molar-refractivity contribution in [2.45, 2.75) is 33.3 Å². The summed E-state index contributed by atoms with van der Waals surface area (Å²) in [6.45, 7) is 7.56. The van der Waals surface area contributed by atoms with Gasteiger partial charge in [-0.05, 0) is 12.8 Å². The van der Waals surface area contributed by atoms with Crippen LogP contribution in [-0.4, -0.2) is 22.4 Å². The Morgan fingerprint density at radius 2 is 1.70 bits per heavy atom. The maximum absolute atomic E-state index is 9.70. The van der Waals surface area contributed by atoms with Crippen molar-refractivity contribution in [3.8, 4) is 0 Å². The molecule has 0 bridgehead atoms. The summed E-state index contributed by atoms with van der Waals surface area (Å²) in [5, 5.41) is 18.5. The predicted octanol–water partition coefficient (Wildman–Crippen LogP) is 1.02. The third-order valence-corrected chi connectivity index (χ3v) is 2.44. The fourth-order valence-corrected chi connectivity index (χ4v) is 0.754. The Morgan fingerprint density at radius 1 is 1.30 bits per heavy atom. The monoisotopic (exact) mass is 146 g/mol. The molecule has 0 aliphatic carbocycles. The molecular formula is C8H18O2. The molecule has 0 aliphatic heterocycles. The lowest BCUT2D eigenvalue weighted by atomic mass is 9.82. The molecular weight excluding hydrogens is 128 g/mol. The highest BCUT2D eigenvalue weighted by Crippen LogP contribution is 2.24. The van der Waals surface area contributed by atoms with Gasteiger partial charge < -0.3 is 10.2 Å². The third-order valence-electron chi connectivity index (χ3n) is 2.44. The van der Waals surface area contributed by atoms with Gasteiger partial charge in [0, 0.05) is 12.5 Å². The molecule has 0 aromatic rings. The largest absolute Gasteiger partial charge is 0.396 e. The van der Waals surface area contributed by atoms with Crippen molar-refractivity contribution in [1.82, 2.24) is 0 Å². The van der Waals surface area contributed by atoms with Crippen LogP contribution in [0.3, 0.4) is 0 Å². The van der Waals surface area contributed by atoms with Crippen molar-refractivity contribution in [1.29, 1.82) is 0 Å². The van der Waals surface area contributed by atoms with E-state index >= 15 is 0 Å². The highest BCUT2D eigenvalue weighted by Gasteiger charge is 2.30. The Kier molecular flexibility index (Phi) is 3.33. The average Bonchev–Trinajstić information content (AvgIpc) is 1.86. The van der Waals surface area contributed by atoms with E-state index in [1.807, 2.05) is 20.8 Å². The van der Waals surface area contributed by atoms with Crippen LogP contribution in [0, 0.1) is 11.8 Å². The minimum atomic E-state index is -0.741. The first-order valence-corrected chi connectivity index (χ1v) is 3.76. The summed E-state index contributed by atoms with van der Waals surface area (Å²) in [4.78, 5) is 0. The lowest BCUT2D eigenvalue weighted by Crippen LogP contribution is -2.40. The fourth-order valence-electron chi connectivity index (χ4n) is 0.754. The van der Waals surface area contributed by atoms with Crippen molar-refractivity contribution >= 4 is 0 Å². The van der Waals surface area contributed by atoms with Crippen molar-refractivity contribution < 1.29 is 10.2 Å². The van der Waals surface area contributed by atoms with Gasteiger partial charge in [0.15, 0.2) is 0 Å². The molecule has 0 rings (SSSR count). The highest BCUT2D eigenvalue weighted by molar-refractivity contribution is 4.81. The molecule has 62 valence electrons. The normalized spacial score (nSPS) is 20.7. The minimum absolute atomic E-state index is 0.0468. The van der Waals surface area contributed by atoms with E-state index in [0.717, 1.165) is 0 Å². The second kappa shape index (κ2) is 3.35. The number of hydrogen-bond acceptors (Lipinski definition) is 2. The van der Waals surface area contributed by atoms with E-state index in [1.54, 1.807) is 6.92 Å². The minimum Gasteiger partial charge on any atom is -0.396 e. The molecule has 0 aromatic carbocycles. The first-order valence-electron chi connectivity index (χ1n) is 3.76. The van der Waals surface area contributed by atoms with E-state index in [9.17, 15) is 5.11 Å². The van der Waals surface area contributed by atoms with Crippen molar-refractivity contribution in [3.63, 3.8) is 0 Å². The van der Waals surface area contributed by atoms with E-state index < -0.39 is 5.60 Å². The number of rotatable bonds is 3. The van der Waals surface area contributed by atoms with Gasteiger partial charge in [0.05, 0.1) is 5.60 Å². The lowest BCUT2D eigenvalue weighted by molar-refractivity contribution is -0.0528. The summed E-state index contributed by atoms with van der Waals surface area (Å²) in [7, 11) is 0. The van der Waals surface area contributed by atoms with Crippen LogP contribution >= 0.6 is 0 Å². The van der Waals surface area contributed by atoms with Gasteiger partial charge in [-0.15, -0.1) is 0 Å². The maximum atomic E-state index is 9.70. The SMILES string of the molecule is CC(C)[C@](C)(O)[C@H](C)CO. The Hall–Kier alpha value is -0.0800. The van der Waals surface area contributed by atoms with Crippen molar-refractivity contribution in [2.75, 3.05) is 6.61 Å². The Balaban J connectivity index is 4.09. The van der Waals surface area contributed by atoms with Crippen LogP contribution in [0.2, 0.25) is 0 Å². The van der Waals surface area contributed by atoms with Crippen LogP contribution in [0.1, 0.15) is 27.7 Å². The van der Waals surface area contributed by atoms with Gasteiger partial charge in [0.1, 0.15) is 0 Å². The first-order chi connectivity index (χ1) is 4.42. The van der Waals surface area contributed by atoms with Gasteiger partial charge in [-0.25, -0.2) is 0 Å². The van der Waals surface area contributed by atoms with Gasteiger partial charge >= 0.3 is 0 Å².